The summed E-state index contributed by atoms with van der Waals surface area (Å²) >= 11 is 0. The van der Waals surface area contributed by atoms with Gasteiger partial charge in [-0.1, -0.05) is 6.58 Å². The number of cyclic esters (lactones) is 1. The fourth-order valence-corrected chi connectivity index (χ4v) is 1.45. The molecule has 0 saturated carbocycles. The highest BCUT2D eigenvalue weighted by molar-refractivity contribution is 5.89. The molecule has 96 valence electrons. The lowest BCUT2D eigenvalue weighted by molar-refractivity contribution is -0.152. The molecule has 1 aliphatic heterocycles. The Morgan fingerprint density at radius 1 is 1.59 bits per heavy atom. The Hall–Kier alpha value is -1.36. The van der Waals surface area contributed by atoms with E-state index in [1.54, 1.807) is 0 Å². The minimum atomic E-state index is -0.401. The summed E-state index contributed by atoms with van der Waals surface area (Å²) in [6.07, 6.45) is 1.03. The van der Waals surface area contributed by atoms with Crippen LogP contribution in [0.5, 0.6) is 0 Å². The van der Waals surface area contributed by atoms with Crippen LogP contribution in [0, 0.1) is 0 Å². The van der Waals surface area contributed by atoms with Crippen molar-refractivity contribution in [2.45, 2.75) is 32.3 Å². The van der Waals surface area contributed by atoms with Crippen LogP contribution in [-0.4, -0.2) is 37.9 Å². The number of hydrogen-bond donors (Lipinski definition) is 0. The van der Waals surface area contributed by atoms with Gasteiger partial charge in [-0.3, -0.25) is 4.79 Å². The third-order valence-electron chi connectivity index (χ3n) is 2.34. The van der Waals surface area contributed by atoms with Gasteiger partial charge in [0.2, 0.25) is 0 Å². The summed E-state index contributed by atoms with van der Waals surface area (Å²) in [4.78, 5) is 22.3. The van der Waals surface area contributed by atoms with Crippen molar-refractivity contribution in [3.63, 3.8) is 0 Å². The molecular formula is C12H18O5. The molecule has 0 aliphatic carbocycles. The minimum Gasteiger partial charge on any atom is -0.462 e. The van der Waals surface area contributed by atoms with Crippen molar-refractivity contribution >= 4 is 11.9 Å². The molecule has 0 aromatic heterocycles. The average Bonchev–Trinajstić information content (AvgIpc) is 2.62. The first-order chi connectivity index (χ1) is 8.13. The number of ether oxygens (including phenoxy) is 3. The van der Waals surface area contributed by atoms with Gasteiger partial charge in [0, 0.05) is 31.6 Å². The van der Waals surface area contributed by atoms with Crippen molar-refractivity contribution in [3.8, 4) is 0 Å². The molecule has 0 bridgehead atoms. The summed E-state index contributed by atoms with van der Waals surface area (Å²) in [6.45, 7) is 6.77. The van der Waals surface area contributed by atoms with E-state index in [2.05, 4.69) is 6.58 Å². The average molecular weight is 242 g/mol. The molecule has 0 aromatic carbocycles. The van der Waals surface area contributed by atoms with Crippen LogP contribution >= 0.6 is 0 Å². The molecule has 1 fully saturated rings. The van der Waals surface area contributed by atoms with E-state index in [1.165, 1.54) is 0 Å². The molecule has 0 N–H and O–H groups in total. The van der Waals surface area contributed by atoms with Gasteiger partial charge in [0.1, 0.15) is 12.7 Å². The largest absolute Gasteiger partial charge is 0.462 e. The summed E-state index contributed by atoms with van der Waals surface area (Å²) in [5.41, 5.74) is 0.433. The van der Waals surface area contributed by atoms with Gasteiger partial charge in [0.15, 0.2) is 0 Å². The number of carbonyl (C=O) groups is 2. The van der Waals surface area contributed by atoms with Crippen LogP contribution in [-0.2, 0) is 23.8 Å². The first-order valence-corrected chi connectivity index (χ1v) is 5.75. The zero-order valence-electron chi connectivity index (χ0n) is 10.1. The summed E-state index contributed by atoms with van der Waals surface area (Å²) in [6, 6.07) is 0. The maximum Gasteiger partial charge on any atom is 0.333 e. The SMILES string of the molecule is C=C1CC(COC(=O)CCCOCC)OC1=O. The standard InChI is InChI=1S/C12H18O5/c1-3-15-6-4-5-11(13)16-8-10-7-9(2)12(14)17-10/h10H,2-8H2,1H3. The Labute approximate surface area is 101 Å². The molecule has 1 unspecified atom stereocenters. The van der Waals surface area contributed by atoms with Crippen LogP contribution in [0.2, 0.25) is 0 Å². The first kappa shape index (κ1) is 13.7. The van der Waals surface area contributed by atoms with Gasteiger partial charge in [-0.05, 0) is 13.3 Å². The van der Waals surface area contributed by atoms with Crippen molar-refractivity contribution in [1.82, 2.24) is 0 Å². The highest BCUT2D eigenvalue weighted by Crippen LogP contribution is 2.18. The molecular weight excluding hydrogens is 224 g/mol. The van der Waals surface area contributed by atoms with Gasteiger partial charge in [-0.2, -0.15) is 0 Å². The maximum atomic E-state index is 11.3. The van der Waals surface area contributed by atoms with Crippen molar-refractivity contribution in [2.24, 2.45) is 0 Å². The third kappa shape index (κ3) is 4.99. The fraction of sp³-hybridized carbons (Fsp3) is 0.667. The van der Waals surface area contributed by atoms with E-state index in [0.29, 0.717) is 38.0 Å². The predicted molar refractivity (Wildman–Crippen MR) is 60.3 cm³/mol. The fourth-order valence-electron chi connectivity index (χ4n) is 1.45. The molecule has 0 amide bonds. The topological polar surface area (TPSA) is 61.8 Å². The molecule has 5 heteroatoms. The Balaban J connectivity index is 2.08. The number of carbonyl (C=O) groups excluding carboxylic acids is 2. The van der Waals surface area contributed by atoms with E-state index in [-0.39, 0.29) is 18.7 Å². The first-order valence-electron chi connectivity index (χ1n) is 5.75. The lowest BCUT2D eigenvalue weighted by atomic mass is 10.2. The van der Waals surface area contributed by atoms with Crippen LogP contribution in [0.3, 0.4) is 0 Å². The molecule has 0 spiro atoms. The van der Waals surface area contributed by atoms with Gasteiger partial charge in [0.25, 0.3) is 0 Å². The van der Waals surface area contributed by atoms with Gasteiger partial charge in [0.05, 0.1) is 0 Å². The Bertz CT molecular complexity index is 281. The van der Waals surface area contributed by atoms with Crippen LogP contribution in [0.4, 0.5) is 0 Å². The van der Waals surface area contributed by atoms with E-state index in [0.717, 1.165) is 0 Å². The van der Waals surface area contributed by atoms with Gasteiger partial charge in [-0.15, -0.1) is 0 Å². The summed E-state index contributed by atoms with van der Waals surface area (Å²) in [5, 5.41) is 0. The Morgan fingerprint density at radius 3 is 2.94 bits per heavy atom. The minimum absolute atomic E-state index is 0.109. The van der Waals surface area contributed by atoms with E-state index >= 15 is 0 Å². The molecule has 17 heavy (non-hydrogen) atoms. The second-order valence-corrected chi connectivity index (χ2v) is 3.82. The Morgan fingerprint density at radius 2 is 2.35 bits per heavy atom. The molecule has 0 aromatic rings. The van der Waals surface area contributed by atoms with Gasteiger partial charge in [-0.25, -0.2) is 4.79 Å². The quantitative estimate of drug-likeness (QED) is 0.381. The molecule has 1 heterocycles. The number of rotatable bonds is 7. The number of hydrogen-bond acceptors (Lipinski definition) is 5. The van der Waals surface area contributed by atoms with Crippen LogP contribution < -0.4 is 0 Å². The highest BCUT2D eigenvalue weighted by atomic mass is 16.6. The van der Waals surface area contributed by atoms with E-state index < -0.39 is 5.97 Å². The number of esters is 2. The molecule has 1 saturated heterocycles. The van der Waals surface area contributed by atoms with Crippen molar-refractivity contribution < 1.29 is 23.8 Å². The van der Waals surface area contributed by atoms with Gasteiger partial charge >= 0.3 is 11.9 Å². The summed E-state index contributed by atoms with van der Waals surface area (Å²) in [7, 11) is 0. The Kier molecular flexibility index (Phi) is 5.69. The van der Waals surface area contributed by atoms with Crippen molar-refractivity contribution in [2.75, 3.05) is 19.8 Å². The second kappa shape index (κ2) is 7.06. The van der Waals surface area contributed by atoms with E-state index in [9.17, 15) is 9.59 Å². The van der Waals surface area contributed by atoms with E-state index in [4.69, 9.17) is 14.2 Å². The third-order valence-corrected chi connectivity index (χ3v) is 2.34. The lowest BCUT2D eigenvalue weighted by Gasteiger charge is -2.09. The second-order valence-electron chi connectivity index (χ2n) is 3.82. The summed E-state index contributed by atoms with van der Waals surface area (Å²) in [5.74, 6) is -0.694. The molecule has 0 radical (unpaired) electrons. The maximum absolute atomic E-state index is 11.3. The zero-order chi connectivity index (χ0) is 12.7. The molecule has 5 nitrogen and oxygen atoms in total. The predicted octanol–water partition coefficient (Wildman–Crippen LogP) is 1.22. The van der Waals surface area contributed by atoms with Crippen molar-refractivity contribution in [3.05, 3.63) is 12.2 Å². The normalized spacial score (nSPS) is 19.2. The summed E-state index contributed by atoms with van der Waals surface area (Å²) < 4.78 is 15.0. The zero-order valence-corrected chi connectivity index (χ0v) is 10.1. The van der Waals surface area contributed by atoms with Crippen molar-refractivity contribution in [1.29, 1.82) is 0 Å². The smallest absolute Gasteiger partial charge is 0.333 e. The van der Waals surface area contributed by atoms with E-state index in [1.807, 2.05) is 6.92 Å². The highest BCUT2D eigenvalue weighted by Gasteiger charge is 2.28. The molecule has 1 rings (SSSR count). The van der Waals surface area contributed by atoms with Gasteiger partial charge < -0.3 is 14.2 Å². The van der Waals surface area contributed by atoms with Crippen LogP contribution in [0.25, 0.3) is 0 Å². The monoisotopic (exact) mass is 242 g/mol. The van der Waals surface area contributed by atoms with Crippen LogP contribution in [0.15, 0.2) is 12.2 Å². The van der Waals surface area contributed by atoms with Crippen LogP contribution in [0.1, 0.15) is 26.2 Å². The molecule has 1 atom stereocenters. The molecule has 1 aliphatic rings. The lowest BCUT2D eigenvalue weighted by Crippen LogP contribution is -2.18.